The number of hydrogen-bond donors (Lipinski definition) is 2. The molecule has 3 rings (SSSR count). The predicted octanol–water partition coefficient (Wildman–Crippen LogP) is 3.50. The minimum Gasteiger partial charge on any atom is -0.441 e. The average molecular weight is 386 g/mol. The lowest BCUT2D eigenvalue weighted by Crippen LogP contribution is -2.40. The quantitative estimate of drug-likeness (QED) is 0.824. The van der Waals surface area contributed by atoms with Crippen LogP contribution in [0.25, 0.3) is 11.3 Å². The Morgan fingerprint density at radius 2 is 1.84 bits per heavy atom. The molecule has 1 fully saturated rings. The van der Waals surface area contributed by atoms with Crippen LogP contribution in [0, 0.1) is 0 Å². The van der Waals surface area contributed by atoms with Crippen LogP contribution in [-0.2, 0) is 11.2 Å². The third-order valence-corrected chi connectivity index (χ3v) is 4.31. The van der Waals surface area contributed by atoms with E-state index in [4.69, 9.17) is 10.2 Å². The van der Waals surface area contributed by atoms with E-state index >= 15 is 0 Å². The predicted molar refractivity (Wildman–Crippen MR) is 103 cm³/mol. The number of halogens is 2. The van der Waals surface area contributed by atoms with Crippen molar-refractivity contribution >= 4 is 30.7 Å². The van der Waals surface area contributed by atoms with Gasteiger partial charge in [0.1, 0.15) is 0 Å². The number of nitrogens with zero attached hydrogens (tertiary/aromatic N) is 1. The summed E-state index contributed by atoms with van der Waals surface area (Å²) in [5.41, 5.74) is 6.87. The first-order valence-corrected chi connectivity index (χ1v) is 8.26. The van der Waals surface area contributed by atoms with E-state index in [1.807, 2.05) is 30.3 Å². The van der Waals surface area contributed by atoms with Gasteiger partial charge in [-0.3, -0.25) is 4.79 Å². The molecule has 1 aromatic heterocycles. The Morgan fingerprint density at radius 3 is 2.52 bits per heavy atom. The lowest BCUT2D eigenvalue weighted by molar-refractivity contribution is -0.122. The Morgan fingerprint density at radius 1 is 1.16 bits per heavy atom. The zero-order chi connectivity index (χ0) is 16.1. The van der Waals surface area contributed by atoms with Crippen LogP contribution in [0.4, 0.5) is 0 Å². The van der Waals surface area contributed by atoms with Gasteiger partial charge in [-0.15, -0.1) is 24.8 Å². The SMILES string of the molecule is Cl.Cl.NC1CCC(NC(=O)CCc2ncc(-c3ccccc3)o2)CC1. The van der Waals surface area contributed by atoms with Crippen LogP contribution < -0.4 is 11.1 Å². The van der Waals surface area contributed by atoms with Crippen molar-refractivity contribution in [3.63, 3.8) is 0 Å². The van der Waals surface area contributed by atoms with Gasteiger partial charge in [-0.2, -0.15) is 0 Å². The van der Waals surface area contributed by atoms with Crippen molar-refractivity contribution < 1.29 is 9.21 Å². The molecule has 0 radical (unpaired) electrons. The standard InChI is InChI=1S/C18H23N3O2.2ClH/c19-14-6-8-15(9-7-14)21-17(22)10-11-18-20-12-16(23-18)13-4-2-1-3-5-13;;/h1-5,12,14-15H,6-11,19H2,(H,21,22);2*1H. The lowest BCUT2D eigenvalue weighted by Gasteiger charge is -2.26. The summed E-state index contributed by atoms with van der Waals surface area (Å²) in [6.07, 6.45) is 6.57. The van der Waals surface area contributed by atoms with Crippen molar-refractivity contribution in [2.75, 3.05) is 0 Å². The smallest absolute Gasteiger partial charge is 0.220 e. The topological polar surface area (TPSA) is 81.1 Å². The zero-order valence-corrected chi connectivity index (χ0v) is 15.7. The molecule has 25 heavy (non-hydrogen) atoms. The molecule has 7 heteroatoms. The second kappa shape index (κ2) is 10.4. The summed E-state index contributed by atoms with van der Waals surface area (Å²) < 4.78 is 5.72. The number of benzene rings is 1. The highest BCUT2D eigenvalue weighted by Gasteiger charge is 2.20. The summed E-state index contributed by atoms with van der Waals surface area (Å²) in [5, 5.41) is 3.08. The molecule has 1 aliphatic rings. The normalized spacial score (nSPS) is 19.4. The summed E-state index contributed by atoms with van der Waals surface area (Å²) in [7, 11) is 0. The van der Waals surface area contributed by atoms with Crippen LogP contribution >= 0.6 is 24.8 Å². The minimum atomic E-state index is 0. The average Bonchev–Trinajstić information content (AvgIpc) is 3.05. The van der Waals surface area contributed by atoms with Crippen molar-refractivity contribution in [2.45, 2.75) is 50.6 Å². The number of nitrogens with one attached hydrogen (secondary N) is 1. The molecule has 0 unspecified atom stereocenters. The minimum absolute atomic E-state index is 0. The number of aromatic nitrogens is 1. The van der Waals surface area contributed by atoms with Gasteiger partial charge in [0.05, 0.1) is 6.20 Å². The van der Waals surface area contributed by atoms with Gasteiger partial charge >= 0.3 is 0 Å². The lowest BCUT2D eigenvalue weighted by atomic mass is 9.92. The number of rotatable bonds is 5. The van der Waals surface area contributed by atoms with Crippen molar-refractivity contribution in [2.24, 2.45) is 5.73 Å². The number of hydrogen-bond acceptors (Lipinski definition) is 4. The van der Waals surface area contributed by atoms with E-state index in [0.29, 0.717) is 24.8 Å². The molecule has 138 valence electrons. The van der Waals surface area contributed by atoms with Crippen molar-refractivity contribution in [3.8, 4) is 11.3 Å². The van der Waals surface area contributed by atoms with E-state index in [2.05, 4.69) is 10.3 Å². The van der Waals surface area contributed by atoms with Crippen LogP contribution in [-0.4, -0.2) is 23.0 Å². The third kappa shape index (κ3) is 6.34. The van der Waals surface area contributed by atoms with E-state index in [-0.39, 0.29) is 36.8 Å². The maximum Gasteiger partial charge on any atom is 0.220 e. The molecule has 0 bridgehead atoms. The molecule has 0 spiro atoms. The first-order valence-electron chi connectivity index (χ1n) is 8.26. The van der Waals surface area contributed by atoms with Gasteiger partial charge in [-0.1, -0.05) is 30.3 Å². The third-order valence-electron chi connectivity index (χ3n) is 4.31. The molecular formula is C18H25Cl2N3O2. The van der Waals surface area contributed by atoms with E-state index in [1.54, 1.807) is 6.20 Å². The Bertz CT molecular complexity index is 641. The Hall–Kier alpha value is -1.56. The molecule has 1 amide bonds. The second-order valence-corrected chi connectivity index (χ2v) is 6.16. The maximum absolute atomic E-state index is 12.0. The molecule has 1 saturated carbocycles. The fraction of sp³-hybridized carbons (Fsp3) is 0.444. The van der Waals surface area contributed by atoms with E-state index in [1.165, 1.54) is 0 Å². The summed E-state index contributed by atoms with van der Waals surface area (Å²) in [4.78, 5) is 16.3. The number of aryl methyl sites for hydroxylation is 1. The van der Waals surface area contributed by atoms with E-state index in [0.717, 1.165) is 37.0 Å². The number of carbonyl (C=O) groups excluding carboxylic acids is 1. The fourth-order valence-corrected chi connectivity index (χ4v) is 2.95. The Labute approximate surface area is 160 Å². The fourth-order valence-electron chi connectivity index (χ4n) is 2.95. The molecule has 3 N–H and O–H groups in total. The second-order valence-electron chi connectivity index (χ2n) is 6.16. The van der Waals surface area contributed by atoms with Gasteiger partial charge in [-0.25, -0.2) is 4.98 Å². The van der Waals surface area contributed by atoms with Crippen LogP contribution in [0.15, 0.2) is 40.9 Å². The number of carbonyl (C=O) groups is 1. The van der Waals surface area contributed by atoms with Gasteiger partial charge in [0.25, 0.3) is 0 Å². The van der Waals surface area contributed by atoms with Crippen LogP contribution in [0.5, 0.6) is 0 Å². The van der Waals surface area contributed by atoms with Crippen LogP contribution in [0.1, 0.15) is 38.0 Å². The highest BCUT2D eigenvalue weighted by atomic mass is 35.5. The summed E-state index contributed by atoms with van der Waals surface area (Å²) in [5.74, 6) is 1.40. The van der Waals surface area contributed by atoms with E-state index < -0.39 is 0 Å². The largest absolute Gasteiger partial charge is 0.441 e. The zero-order valence-electron chi connectivity index (χ0n) is 14.0. The molecular weight excluding hydrogens is 361 g/mol. The molecule has 5 nitrogen and oxygen atoms in total. The summed E-state index contributed by atoms with van der Waals surface area (Å²) >= 11 is 0. The van der Waals surface area contributed by atoms with Gasteiger partial charge in [0.15, 0.2) is 11.7 Å². The van der Waals surface area contributed by atoms with Crippen LogP contribution in [0.3, 0.4) is 0 Å². The van der Waals surface area contributed by atoms with Crippen molar-refractivity contribution in [1.29, 1.82) is 0 Å². The highest BCUT2D eigenvalue weighted by Crippen LogP contribution is 2.20. The van der Waals surface area contributed by atoms with Gasteiger partial charge < -0.3 is 15.5 Å². The summed E-state index contributed by atoms with van der Waals surface area (Å²) in [6.45, 7) is 0. The van der Waals surface area contributed by atoms with Crippen molar-refractivity contribution in [1.82, 2.24) is 10.3 Å². The number of nitrogens with two attached hydrogens (primary N) is 1. The summed E-state index contributed by atoms with van der Waals surface area (Å²) in [6, 6.07) is 10.4. The van der Waals surface area contributed by atoms with Gasteiger partial charge in [-0.05, 0) is 25.7 Å². The Kier molecular flexibility index (Phi) is 8.97. The highest BCUT2D eigenvalue weighted by molar-refractivity contribution is 5.85. The maximum atomic E-state index is 12.0. The number of amides is 1. The monoisotopic (exact) mass is 385 g/mol. The molecule has 1 aromatic carbocycles. The van der Waals surface area contributed by atoms with Crippen LogP contribution in [0.2, 0.25) is 0 Å². The molecule has 1 heterocycles. The van der Waals surface area contributed by atoms with E-state index in [9.17, 15) is 4.79 Å². The molecule has 0 aliphatic heterocycles. The molecule has 2 aromatic rings. The number of oxazole rings is 1. The van der Waals surface area contributed by atoms with Gasteiger partial charge in [0, 0.05) is 30.5 Å². The van der Waals surface area contributed by atoms with Crippen molar-refractivity contribution in [3.05, 3.63) is 42.4 Å². The van der Waals surface area contributed by atoms with Gasteiger partial charge in [0.2, 0.25) is 5.91 Å². The molecule has 0 atom stereocenters. The first-order chi connectivity index (χ1) is 11.2. The molecule has 0 saturated heterocycles. The first kappa shape index (κ1) is 21.5. The molecule has 1 aliphatic carbocycles. The Balaban J connectivity index is 0.00000156.